The van der Waals surface area contributed by atoms with Crippen molar-refractivity contribution in [3.05, 3.63) is 36.9 Å². The molecule has 0 saturated carbocycles. The van der Waals surface area contributed by atoms with Crippen LogP contribution in [-0.2, 0) is 0 Å². The van der Waals surface area contributed by atoms with E-state index in [1.165, 1.54) is 6.33 Å². The van der Waals surface area contributed by atoms with Crippen molar-refractivity contribution in [3.8, 4) is 5.88 Å². The SMILES string of the molecule is COc1ncccc1Nc1ccncn1. The Kier molecular flexibility index (Phi) is 2.73. The van der Waals surface area contributed by atoms with Gasteiger partial charge in [0.1, 0.15) is 17.8 Å². The lowest BCUT2D eigenvalue weighted by atomic mass is 10.4. The molecule has 15 heavy (non-hydrogen) atoms. The number of nitrogens with one attached hydrogen (secondary N) is 1. The maximum atomic E-state index is 5.10. The number of rotatable bonds is 3. The molecule has 0 radical (unpaired) electrons. The minimum absolute atomic E-state index is 0.538. The minimum atomic E-state index is 0.538. The first kappa shape index (κ1) is 9.39. The molecule has 2 aromatic rings. The zero-order chi connectivity index (χ0) is 10.5. The summed E-state index contributed by atoms with van der Waals surface area (Å²) in [5, 5.41) is 3.08. The van der Waals surface area contributed by atoms with Crippen LogP contribution in [0.4, 0.5) is 11.5 Å². The van der Waals surface area contributed by atoms with Crippen LogP contribution < -0.4 is 10.1 Å². The molecule has 0 unspecified atom stereocenters. The molecule has 2 heterocycles. The Morgan fingerprint density at radius 3 is 2.87 bits per heavy atom. The lowest BCUT2D eigenvalue weighted by molar-refractivity contribution is 0.400. The zero-order valence-corrected chi connectivity index (χ0v) is 8.21. The van der Waals surface area contributed by atoms with Crippen LogP contribution in [0.1, 0.15) is 0 Å². The van der Waals surface area contributed by atoms with Gasteiger partial charge in [0.25, 0.3) is 0 Å². The van der Waals surface area contributed by atoms with E-state index >= 15 is 0 Å². The van der Waals surface area contributed by atoms with Crippen molar-refractivity contribution >= 4 is 11.5 Å². The average molecular weight is 202 g/mol. The summed E-state index contributed by atoms with van der Waals surface area (Å²) < 4.78 is 5.10. The van der Waals surface area contributed by atoms with Gasteiger partial charge in [0, 0.05) is 12.4 Å². The second kappa shape index (κ2) is 4.36. The summed E-state index contributed by atoms with van der Waals surface area (Å²) in [6, 6.07) is 5.46. The molecule has 5 nitrogen and oxygen atoms in total. The molecule has 1 N–H and O–H groups in total. The molecule has 0 aliphatic carbocycles. The van der Waals surface area contributed by atoms with E-state index in [2.05, 4.69) is 20.3 Å². The number of hydrogen-bond acceptors (Lipinski definition) is 5. The predicted molar refractivity (Wildman–Crippen MR) is 56.1 cm³/mol. The van der Waals surface area contributed by atoms with E-state index in [9.17, 15) is 0 Å². The summed E-state index contributed by atoms with van der Waals surface area (Å²) in [6.45, 7) is 0. The Morgan fingerprint density at radius 2 is 2.13 bits per heavy atom. The fourth-order valence-corrected chi connectivity index (χ4v) is 1.15. The molecule has 0 bridgehead atoms. The molecule has 2 rings (SSSR count). The van der Waals surface area contributed by atoms with Crippen molar-refractivity contribution in [2.24, 2.45) is 0 Å². The molecule has 0 fully saturated rings. The van der Waals surface area contributed by atoms with Crippen LogP contribution in [0, 0.1) is 0 Å². The summed E-state index contributed by atoms with van der Waals surface area (Å²) in [5.41, 5.74) is 0.777. The molecule has 0 spiro atoms. The van der Waals surface area contributed by atoms with Gasteiger partial charge in [-0.2, -0.15) is 0 Å². The molecule has 2 aromatic heterocycles. The Bertz CT molecular complexity index is 432. The normalized spacial score (nSPS) is 9.67. The van der Waals surface area contributed by atoms with Crippen LogP contribution in [0.25, 0.3) is 0 Å². The van der Waals surface area contributed by atoms with Crippen molar-refractivity contribution in [2.45, 2.75) is 0 Å². The third-order valence-corrected chi connectivity index (χ3v) is 1.81. The second-order valence-corrected chi connectivity index (χ2v) is 2.78. The summed E-state index contributed by atoms with van der Waals surface area (Å²) in [4.78, 5) is 11.9. The standard InChI is InChI=1S/C10H10N4O/c1-15-10-8(3-2-5-12-10)14-9-4-6-11-7-13-9/h2-7H,1H3,(H,11,13,14). The molecule has 0 amide bonds. The van der Waals surface area contributed by atoms with E-state index in [4.69, 9.17) is 4.74 Å². The molecule has 0 aromatic carbocycles. The van der Waals surface area contributed by atoms with E-state index in [1.807, 2.05) is 12.1 Å². The Morgan fingerprint density at radius 1 is 1.20 bits per heavy atom. The highest BCUT2D eigenvalue weighted by molar-refractivity contribution is 5.60. The molecule has 0 saturated heterocycles. The highest BCUT2D eigenvalue weighted by Crippen LogP contribution is 2.22. The Balaban J connectivity index is 2.24. The first-order valence-corrected chi connectivity index (χ1v) is 4.42. The zero-order valence-electron chi connectivity index (χ0n) is 8.21. The third-order valence-electron chi connectivity index (χ3n) is 1.81. The van der Waals surface area contributed by atoms with E-state index in [0.717, 1.165) is 5.69 Å². The van der Waals surface area contributed by atoms with Crippen LogP contribution in [-0.4, -0.2) is 22.1 Å². The average Bonchev–Trinajstić information content (AvgIpc) is 2.31. The van der Waals surface area contributed by atoms with Crippen molar-refractivity contribution in [2.75, 3.05) is 12.4 Å². The number of aromatic nitrogens is 3. The van der Waals surface area contributed by atoms with Gasteiger partial charge in [0.15, 0.2) is 0 Å². The van der Waals surface area contributed by atoms with E-state index in [0.29, 0.717) is 11.7 Å². The number of pyridine rings is 1. The molecular formula is C10H10N4O. The summed E-state index contributed by atoms with van der Waals surface area (Å²) in [5.74, 6) is 1.24. The van der Waals surface area contributed by atoms with Gasteiger partial charge in [-0.3, -0.25) is 0 Å². The van der Waals surface area contributed by atoms with Gasteiger partial charge in [-0.05, 0) is 18.2 Å². The number of anilines is 2. The monoisotopic (exact) mass is 202 g/mol. The molecule has 0 aliphatic heterocycles. The minimum Gasteiger partial charge on any atom is -0.480 e. The molecule has 0 atom stereocenters. The van der Waals surface area contributed by atoms with Gasteiger partial charge < -0.3 is 10.1 Å². The lowest BCUT2D eigenvalue weighted by Crippen LogP contribution is -1.97. The van der Waals surface area contributed by atoms with Gasteiger partial charge in [0.05, 0.1) is 7.11 Å². The van der Waals surface area contributed by atoms with Gasteiger partial charge in [0.2, 0.25) is 5.88 Å². The van der Waals surface area contributed by atoms with E-state index in [-0.39, 0.29) is 0 Å². The van der Waals surface area contributed by atoms with Crippen molar-refractivity contribution in [1.29, 1.82) is 0 Å². The first-order valence-electron chi connectivity index (χ1n) is 4.42. The molecule has 0 aliphatic rings. The maximum absolute atomic E-state index is 5.10. The quantitative estimate of drug-likeness (QED) is 0.819. The smallest absolute Gasteiger partial charge is 0.237 e. The highest BCUT2D eigenvalue weighted by atomic mass is 16.5. The van der Waals surface area contributed by atoms with Crippen LogP contribution in [0.3, 0.4) is 0 Å². The highest BCUT2D eigenvalue weighted by Gasteiger charge is 2.02. The molecule has 76 valence electrons. The van der Waals surface area contributed by atoms with Crippen molar-refractivity contribution in [3.63, 3.8) is 0 Å². The third kappa shape index (κ3) is 2.19. The summed E-state index contributed by atoms with van der Waals surface area (Å²) >= 11 is 0. The fourth-order valence-electron chi connectivity index (χ4n) is 1.15. The van der Waals surface area contributed by atoms with Gasteiger partial charge in [-0.1, -0.05) is 0 Å². The number of methoxy groups -OCH3 is 1. The van der Waals surface area contributed by atoms with Gasteiger partial charge in [-0.15, -0.1) is 0 Å². The van der Waals surface area contributed by atoms with Crippen LogP contribution in [0.5, 0.6) is 5.88 Å². The van der Waals surface area contributed by atoms with Crippen LogP contribution >= 0.6 is 0 Å². The molecular weight excluding hydrogens is 192 g/mol. The van der Waals surface area contributed by atoms with E-state index < -0.39 is 0 Å². The number of nitrogens with zero attached hydrogens (tertiary/aromatic N) is 3. The summed E-state index contributed by atoms with van der Waals surface area (Å²) in [6.07, 6.45) is 4.81. The van der Waals surface area contributed by atoms with E-state index in [1.54, 1.807) is 25.6 Å². The molecule has 5 heteroatoms. The number of ether oxygens (including phenoxy) is 1. The lowest BCUT2D eigenvalue weighted by Gasteiger charge is -2.08. The van der Waals surface area contributed by atoms with Crippen molar-refractivity contribution < 1.29 is 4.74 Å². The summed E-state index contributed by atoms with van der Waals surface area (Å²) in [7, 11) is 1.58. The van der Waals surface area contributed by atoms with Gasteiger partial charge in [-0.25, -0.2) is 15.0 Å². The van der Waals surface area contributed by atoms with Crippen LogP contribution in [0.15, 0.2) is 36.9 Å². The Hall–Kier alpha value is -2.17. The number of hydrogen-bond donors (Lipinski definition) is 1. The largest absolute Gasteiger partial charge is 0.480 e. The first-order chi connectivity index (χ1) is 7.40. The fraction of sp³-hybridized carbons (Fsp3) is 0.100. The van der Waals surface area contributed by atoms with Crippen molar-refractivity contribution in [1.82, 2.24) is 15.0 Å². The van der Waals surface area contributed by atoms with Crippen LogP contribution in [0.2, 0.25) is 0 Å². The second-order valence-electron chi connectivity index (χ2n) is 2.78. The maximum Gasteiger partial charge on any atom is 0.237 e. The predicted octanol–water partition coefficient (Wildman–Crippen LogP) is 1.62. The Labute approximate surface area is 87.2 Å². The van der Waals surface area contributed by atoms with Gasteiger partial charge >= 0.3 is 0 Å². The topological polar surface area (TPSA) is 59.9 Å².